The third-order valence-corrected chi connectivity index (χ3v) is 5.16. The molecule has 100 valence electrons. The summed E-state index contributed by atoms with van der Waals surface area (Å²) in [6.07, 6.45) is 0. The SMILES string of the molecule is NCC(Sc1cc(Cl)ccc1Cl)c1ccc(Br)cc1. The maximum absolute atomic E-state index is 6.18. The lowest BCUT2D eigenvalue weighted by atomic mass is 10.1. The maximum Gasteiger partial charge on any atom is 0.0543 e. The van der Waals surface area contributed by atoms with Crippen LogP contribution < -0.4 is 5.73 Å². The van der Waals surface area contributed by atoms with Gasteiger partial charge in [0.1, 0.15) is 0 Å². The van der Waals surface area contributed by atoms with Gasteiger partial charge in [-0.05, 0) is 35.9 Å². The zero-order chi connectivity index (χ0) is 13.8. The summed E-state index contributed by atoms with van der Waals surface area (Å²) < 4.78 is 1.05. The Morgan fingerprint density at radius 2 is 1.79 bits per heavy atom. The molecule has 19 heavy (non-hydrogen) atoms. The van der Waals surface area contributed by atoms with E-state index in [2.05, 4.69) is 28.1 Å². The molecule has 0 aliphatic carbocycles. The van der Waals surface area contributed by atoms with Crippen LogP contribution in [0.4, 0.5) is 0 Å². The van der Waals surface area contributed by atoms with E-state index in [4.69, 9.17) is 28.9 Å². The van der Waals surface area contributed by atoms with Gasteiger partial charge in [-0.15, -0.1) is 11.8 Å². The standard InChI is InChI=1S/C14H12BrCl2NS/c15-10-3-1-9(2-4-10)14(8-18)19-13-7-11(16)5-6-12(13)17/h1-7,14H,8,18H2. The van der Waals surface area contributed by atoms with Crippen LogP contribution in [-0.4, -0.2) is 6.54 Å². The molecule has 0 bridgehead atoms. The van der Waals surface area contributed by atoms with Crippen molar-refractivity contribution in [1.29, 1.82) is 0 Å². The first kappa shape index (κ1) is 15.2. The number of halogens is 3. The number of hydrogen-bond donors (Lipinski definition) is 1. The number of nitrogens with two attached hydrogens (primary N) is 1. The molecule has 0 radical (unpaired) electrons. The predicted molar refractivity (Wildman–Crippen MR) is 88.3 cm³/mol. The summed E-state index contributed by atoms with van der Waals surface area (Å²) >= 11 is 17.2. The smallest absolute Gasteiger partial charge is 0.0543 e. The van der Waals surface area contributed by atoms with E-state index in [-0.39, 0.29) is 5.25 Å². The van der Waals surface area contributed by atoms with Crippen LogP contribution in [0.1, 0.15) is 10.8 Å². The molecule has 0 amide bonds. The molecule has 5 heteroatoms. The van der Waals surface area contributed by atoms with Crippen molar-refractivity contribution in [2.45, 2.75) is 10.1 Å². The number of thioether (sulfide) groups is 1. The second kappa shape index (κ2) is 7.00. The van der Waals surface area contributed by atoms with Gasteiger partial charge in [0.25, 0.3) is 0 Å². The van der Waals surface area contributed by atoms with Crippen molar-refractivity contribution < 1.29 is 0 Å². The molecular formula is C14H12BrCl2NS. The zero-order valence-electron chi connectivity index (χ0n) is 9.95. The maximum atomic E-state index is 6.18. The lowest BCUT2D eigenvalue weighted by Crippen LogP contribution is -2.09. The third-order valence-electron chi connectivity index (χ3n) is 2.62. The normalized spacial score (nSPS) is 12.4. The van der Waals surface area contributed by atoms with E-state index in [0.717, 1.165) is 9.37 Å². The molecular weight excluding hydrogens is 365 g/mol. The Kier molecular flexibility index (Phi) is 5.60. The molecule has 0 fully saturated rings. The molecule has 0 heterocycles. The van der Waals surface area contributed by atoms with E-state index in [0.29, 0.717) is 16.6 Å². The first-order valence-electron chi connectivity index (χ1n) is 5.67. The molecule has 2 rings (SSSR count). The van der Waals surface area contributed by atoms with Crippen molar-refractivity contribution in [3.8, 4) is 0 Å². The molecule has 0 aliphatic heterocycles. The Bertz CT molecular complexity index is 560. The molecule has 1 unspecified atom stereocenters. The summed E-state index contributed by atoms with van der Waals surface area (Å²) in [6.45, 7) is 0.537. The van der Waals surface area contributed by atoms with E-state index < -0.39 is 0 Å². The topological polar surface area (TPSA) is 26.0 Å². The van der Waals surface area contributed by atoms with Crippen LogP contribution >= 0.6 is 50.9 Å². The minimum absolute atomic E-state index is 0.157. The molecule has 0 saturated heterocycles. The average molecular weight is 377 g/mol. The second-order valence-electron chi connectivity index (χ2n) is 3.97. The van der Waals surface area contributed by atoms with Crippen LogP contribution in [0.2, 0.25) is 10.0 Å². The van der Waals surface area contributed by atoms with E-state index in [9.17, 15) is 0 Å². The fourth-order valence-electron chi connectivity index (χ4n) is 1.65. The summed E-state index contributed by atoms with van der Waals surface area (Å²) in [5.74, 6) is 0. The molecule has 1 nitrogen and oxygen atoms in total. The zero-order valence-corrected chi connectivity index (χ0v) is 13.9. The van der Waals surface area contributed by atoms with Gasteiger partial charge in [0.05, 0.1) is 5.02 Å². The van der Waals surface area contributed by atoms with E-state index in [1.54, 1.807) is 23.9 Å². The molecule has 2 aromatic rings. The van der Waals surface area contributed by atoms with Gasteiger partial charge in [0.15, 0.2) is 0 Å². The Labute approximate surface area is 135 Å². The lowest BCUT2D eigenvalue weighted by Gasteiger charge is -2.16. The monoisotopic (exact) mass is 375 g/mol. The van der Waals surface area contributed by atoms with Gasteiger partial charge in [0, 0.05) is 26.2 Å². The summed E-state index contributed by atoms with van der Waals surface area (Å²) in [4.78, 5) is 0.951. The Hall–Kier alpha value is -0.190. The van der Waals surface area contributed by atoms with Gasteiger partial charge in [-0.3, -0.25) is 0 Å². The molecule has 0 aromatic heterocycles. The van der Waals surface area contributed by atoms with E-state index in [1.807, 2.05) is 18.2 Å². The highest BCUT2D eigenvalue weighted by Gasteiger charge is 2.13. The Balaban J connectivity index is 2.23. The van der Waals surface area contributed by atoms with Crippen molar-refractivity contribution in [3.05, 3.63) is 62.5 Å². The fourth-order valence-corrected chi connectivity index (χ4v) is 3.47. The minimum atomic E-state index is 0.157. The number of benzene rings is 2. The molecule has 0 spiro atoms. The first-order chi connectivity index (χ1) is 9.10. The molecule has 2 aromatic carbocycles. The summed E-state index contributed by atoms with van der Waals surface area (Å²) in [6, 6.07) is 13.6. The van der Waals surface area contributed by atoms with Crippen molar-refractivity contribution in [3.63, 3.8) is 0 Å². The van der Waals surface area contributed by atoms with Gasteiger partial charge < -0.3 is 5.73 Å². The van der Waals surface area contributed by atoms with E-state index in [1.165, 1.54) is 5.56 Å². The Morgan fingerprint density at radius 1 is 1.11 bits per heavy atom. The third kappa shape index (κ3) is 4.14. The molecule has 0 aliphatic rings. The predicted octanol–water partition coefficient (Wildman–Crippen LogP) is 5.55. The van der Waals surface area contributed by atoms with Gasteiger partial charge >= 0.3 is 0 Å². The van der Waals surface area contributed by atoms with Gasteiger partial charge in [0.2, 0.25) is 0 Å². The number of hydrogen-bond acceptors (Lipinski definition) is 2. The molecule has 2 N–H and O–H groups in total. The Morgan fingerprint density at radius 3 is 2.42 bits per heavy atom. The summed E-state index contributed by atoms with van der Waals surface area (Å²) in [7, 11) is 0. The highest BCUT2D eigenvalue weighted by Crippen LogP contribution is 2.39. The van der Waals surface area contributed by atoms with Crippen LogP contribution in [0.25, 0.3) is 0 Å². The van der Waals surface area contributed by atoms with E-state index >= 15 is 0 Å². The lowest BCUT2D eigenvalue weighted by molar-refractivity contribution is 0.940. The summed E-state index contributed by atoms with van der Waals surface area (Å²) in [5.41, 5.74) is 7.04. The van der Waals surface area contributed by atoms with Crippen molar-refractivity contribution in [2.75, 3.05) is 6.54 Å². The average Bonchev–Trinajstić information content (AvgIpc) is 2.41. The van der Waals surface area contributed by atoms with Crippen LogP contribution in [0.15, 0.2) is 51.8 Å². The molecule has 1 atom stereocenters. The quantitative estimate of drug-likeness (QED) is 0.708. The van der Waals surface area contributed by atoms with Crippen LogP contribution in [-0.2, 0) is 0 Å². The number of rotatable bonds is 4. The minimum Gasteiger partial charge on any atom is -0.329 e. The highest BCUT2D eigenvalue weighted by atomic mass is 79.9. The van der Waals surface area contributed by atoms with Crippen LogP contribution in [0.3, 0.4) is 0 Å². The van der Waals surface area contributed by atoms with Gasteiger partial charge in [-0.1, -0.05) is 51.3 Å². The largest absolute Gasteiger partial charge is 0.329 e. The van der Waals surface area contributed by atoms with Crippen LogP contribution in [0.5, 0.6) is 0 Å². The van der Waals surface area contributed by atoms with Crippen molar-refractivity contribution >= 4 is 50.9 Å². The highest BCUT2D eigenvalue weighted by molar-refractivity contribution is 9.10. The van der Waals surface area contributed by atoms with Crippen LogP contribution in [0, 0.1) is 0 Å². The summed E-state index contributed by atoms with van der Waals surface area (Å²) in [5, 5.41) is 1.53. The second-order valence-corrected chi connectivity index (χ2v) is 6.97. The molecule has 0 saturated carbocycles. The van der Waals surface area contributed by atoms with Crippen molar-refractivity contribution in [1.82, 2.24) is 0 Å². The fraction of sp³-hybridized carbons (Fsp3) is 0.143. The van der Waals surface area contributed by atoms with Gasteiger partial charge in [-0.2, -0.15) is 0 Å². The first-order valence-corrected chi connectivity index (χ1v) is 8.10. The van der Waals surface area contributed by atoms with Crippen molar-refractivity contribution in [2.24, 2.45) is 5.73 Å². The van der Waals surface area contributed by atoms with Gasteiger partial charge in [-0.25, -0.2) is 0 Å².